The van der Waals surface area contributed by atoms with Crippen LogP contribution in [0.4, 0.5) is 0 Å². The Hall–Kier alpha value is -0.343. The summed E-state index contributed by atoms with van der Waals surface area (Å²) in [7, 11) is -2.59. The van der Waals surface area contributed by atoms with E-state index in [4.69, 9.17) is 18.4 Å². The smallest absolute Gasteiger partial charge is 0.478 e. The van der Waals surface area contributed by atoms with Gasteiger partial charge in [0.1, 0.15) is 0 Å². The highest BCUT2D eigenvalue weighted by Gasteiger charge is 2.39. The molecule has 126 valence electrons. The topological polar surface area (TPSA) is 65.0 Å². The number of carboxylic acids is 1. The lowest BCUT2D eigenvalue weighted by Gasteiger charge is -2.28. The summed E-state index contributed by atoms with van der Waals surface area (Å²) in [6.45, 7) is 11.0. The molecule has 7 heteroatoms. The minimum absolute atomic E-state index is 0. The van der Waals surface area contributed by atoms with Crippen molar-refractivity contribution in [3.8, 4) is 0 Å². The van der Waals surface area contributed by atoms with E-state index in [1.165, 1.54) is 0 Å². The van der Waals surface area contributed by atoms with Gasteiger partial charge in [0.05, 0.1) is 0 Å². The summed E-state index contributed by atoms with van der Waals surface area (Å²) < 4.78 is 17.3. The van der Waals surface area contributed by atoms with Crippen LogP contribution in [0.1, 0.15) is 47.5 Å². The molecule has 21 heavy (non-hydrogen) atoms. The van der Waals surface area contributed by atoms with Crippen LogP contribution in [-0.2, 0) is 18.1 Å². The Morgan fingerprint density at radius 1 is 1.00 bits per heavy atom. The lowest BCUT2D eigenvalue weighted by Crippen LogP contribution is -2.45. The minimum Gasteiger partial charge on any atom is -0.478 e. The fourth-order valence-corrected chi connectivity index (χ4v) is 4.55. The second-order valence-electron chi connectivity index (χ2n) is 4.55. The summed E-state index contributed by atoms with van der Waals surface area (Å²) in [6.07, 6.45) is 1.53. The number of hydrogen-bond acceptors (Lipinski definition) is 4. The molecular weight excluding hydrogens is 308 g/mol. The van der Waals surface area contributed by atoms with Crippen LogP contribution in [0.15, 0.2) is 11.1 Å². The molecule has 0 bridgehead atoms. The molecule has 0 unspecified atom stereocenters. The average Bonchev–Trinajstić information content (AvgIpc) is 2.38. The average molecular weight is 339 g/mol. The van der Waals surface area contributed by atoms with Gasteiger partial charge in [0.2, 0.25) is 0 Å². The molecule has 0 aromatic heterocycles. The maximum absolute atomic E-state index is 10.9. The van der Waals surface area contributed by atoms with Crippen LogP contribution >= 0.6 is 13.5 Å². The fraction of sp³-hybridized carbons (Fsp3) is 0.786. The molecule has 0 amide bonds. The Balaban J connectivity index is 0. The summed E-state index contributed by atoms with van der Waals surface area (Å²) >= 11 is 0. The number of carboxylic acid groups (broad SMARTS) is 1. The Labute approximate surface area is 136 Å². The van der Waals surface area contributed by atoms with Gasteiger partial charge < -0.3 is 18.4 Å². The predicted octanol–water partition coefficient (Wildman–Crippen LogP) is 3.35. The van der Waals surface area contributed by atoms with Crippen molar-refractivity contribution in [3.63, 3.8) is 0 Å². The van der Waals surface area contributed by atoms with E-state index >= 15 is 0 Å². The molecule has 0 rings (SSSR count). The van der Waals surface area contributed by atoms with Gasteiger partial charge in [-0.05, 0) is 47.5 Å². The standard InChI is InChI=1S/C14H28O5Si.H2S/c1-6-17-20(18-7-2,19-8-3)11-9-10-12(4)13(5)14(15)16;/h6-11H2,1-5H3,(H,15,16);1H2. The molecule has 0 spiro atoms. The summed E-state index contributed by atoms with van der Waals surface area (Å²) in [5, 5.41) is 8.94. The summed E-state index contributed by atoms with van der Waals surface area (Å²) in [6, 6.07) is 0.715. The van der Waals surface area contributed by atoms with E-state index in [0.29, 0.717) is 31.4 Å². The van der Waals surface area contributed by atoms with E-state index in [2.05, 4.69) is 0 Å². The molecule has 0 aromatic carbocycles. The normalized spacial score (nSPS) is 12.6. The number of rotatable bonds is 11. The third kappa shape index (κ3) is 8.62. The quantitative estimate of drug-likeness (QED) is 0.462. The molecule has 1 N–H and O–H groups in total. The van der Waals surface area contributed by atoms with Gasteiger partial charge in [0.25, 0.3) is 0 Å². The molecule has 0 atom stereocenters. The van der Waals surface area contributed by atoms with E-state index in [0.717, 1.165) is 18.4 Å². The molecule has 0 aliphatic rings. The van der Waals surface area contributed by atoms with Crippen molar-refractivity contribution >= 4 is 28.3 Å². The largest absolute Gasteiger partial charge is 0.500 e. The van der Waals surface area contributed by atoms with Crippen LogP contribution in [0, 0.1) is 0 Å². The van der Waals surface area contributed by atoms with E-state index in [1.54, 1.807) is 6.92 Å². The third-order valence-corrected chi connectivity index (χ3v) is 6.24. The van der Waals surface area contributed by atoms with Crippen LogP contribution in [0.2, 0.25) is 6.04 Å². The molecule has 0 heterocycles. The van der Waals surface area contributed by atoms with E-state index < -0.39 is 14.8 Å². The molecular formula is C14H30O5SSi. The monoisotopic (exact) mass is 338 g/mol. The zero-order valence-corrected chi connectivity index (χ0v) is 15.8. The molecule has 5 nitrogen and oxygen atoms in total. The number of hydrogen-bond donors (Lipinski definition) is 1. The highest BCUT2D eigenvalue weighted by Crippen LogP contribution is 2.22. The molecule has 0 aromatic rings. The molecule has 0 saturated carbocycles. The maximum atomic E-state index is 10.9. The van der Waals surface area contributed by atoms with Crippen LogP contribution in [0.3, 0.4) is 0 Å². The van der Waals surface area contributed by atoms with Crippen LogP contribution in [0.25, 0.3) is 0 Å². The van der Waals surface area contributed by atoms with Crippen molar-refractivity contribution in [2.75, 3.05) is 19.8 Å². The zero-order chi connectivity index (χ0) is 15.6. The van der Waals surface area contributed by atoms with Crippen molar-refractivity contribution in [2.45, 2.75) is 53.5 Å². The van der Waals surface area contributed by atoms with Gasteiger partial charge in [-0.1, -0.05) is 5.57 Å². The SMILES string of the molecule is CCO[Si](CCCC(C)=C(C)C(=O)O)(OCC)OCC.S. The van der Waals surface area contributed by atoms with Gasteiger partial charge in [-0.15, -0.1) is 0 Å². The second-order valence-corrected chi connectivity index (χ2v) is 7.28. The van der Waals surface area contributed by atoms with Crippen molar-refractivity contribution in [1.29, 1.82) is 0 Å². The van der Waals surface area contributed by atoms with Crippen LogP contribution < -0.4 is 0 Å². The Morgan fingerprint density at radius 3 is 1.76 bits per heavy atom. The van der Waals surface area contributed by atoms with Gasteiger partial charge in [-0.25, -0.2) is 4.79 Å². The molecule has 0 aliphatic heterocycles. The summed E-state index contributed by atoms with van der Waals surface area (Å²) in [5.74, 6) is -0.856. The highest BCUT2D eigenvalue weighted by molar-refractivity contribution is 7.59. The lowest BCUT2D eigenvalue weighted by molar-refractivity contribution is -0.132. The first-order chi connectivity index (χ1) is 9.42. The van der Waals surface area contributed by atoms with Crippen molar-refractivity contribution in [1.82, 2.24) is 0 Å². The van der Waals surface area contributed by atoms with E-state index in [1.807, 2.05) is 27.7 Å². The van der Waals surface area contributed by atoms with Gasteiger partial charge in [0, 0.05) is 31.4 Å². The van der Waals surface area contributed by atoms with Crippen LogP contribution in [0.5, 0.6) is 0 Å². The van der Waals surface area contributed by atoms with Gasteiger partial charge in [0.15, 0.2) is 0 Å². The number of aliphatic carboxylic acids is 1. The van der Waals surface area contributed by atoms with Gasteiger partial charge in [-0.3, -0.25) is 0 Å². The Morgan fingerprint density at radius 2 is 1.43 bits per heavy atom. The maximum Gasteiger partial charge on any atom is 0.500 e. The summed E-state index contributed by atoms with van der Waals surface area (Å²) in [5.41, 5.74) is 1.31. The molecule has 0 saturated heterocycles. The third-order valence-electron chi connectivity index (χ3n) is 3.09. The number of allylic oxidation sites excluding steroid dienone is 1. The molecule has 0 fully saturated rings. The zero-order valence-electron chi connectivity index (χ0n) is 13.8. The second kappa shape index (κ2) is 12.2. The Bertz CT molecular complexity index is 316. The lowest BCUT2D eigenvalue weighted by atomic mass is 10.1. The Kier molecular flexibility index (Phi) is 13.3. The van der Waals surface area contributed by atoms with Gasteiger partial charge >= 0.3 is 14.8 Å². The van der Waals surface area contributed by atoms with Crippen molar-refractivity contribution in [2.24, 2.45) is 0 Å². The van der Waals surface area contributed by atoms with E-state index in [9.17, 15) is 4.79 Å². The first-order valence-corrected chi connectivity index (χ1v) is 9.17. The summed E-state index contributed by atoms with van der Waals surface area (Å²) in [4.78, 5) is 10.9. The fourth-order valence-electron chi connectivity index (χ4n) is 1.94. The highest BCUT2D eigenvalue weighted by atomic mass is 32.1. The van der Waals surface area contributed by atoms with Gasteiger partial charge in [-0.2, -0.15) is 13.5 Å². The number of carbonyl (C=O) groups is 1. The van der Waals surface area contributed by atoms with Crippen molar-refractivity contribution in [3.05, 3.63) is 11.1 Å². The van der Waals surface area contributed by atoms with Crippen LogP contribution in [-0.4, -0.2) is 39.7 Å². The first-order valence-electron chi connectivity index (χ1n) is 7.23. The first kappa shape index (κ1) is 22.9. The minimum atomic E-state index is -2.59. The molecule has 0 radical (unpaired) electrons. The van der Waals surface area contributed by atoms with Crippen molar-refractivity contribution < 1.29 is 23.2 Å². The predicted molar refractivity (Wildman–Crippen MR) is 91.1 cm³/mol. The van der Waals surface area contributed by atoms with E-state index in [-0.39, 0.29) is 13.5 Å². The molecule has 0 aliphatic carbocycles.